The third-order valence-corrected chi connectivity index (χ3v) is 5.66. The van der Waals surface area contributed by atoms with Crippen LogP contribution < -0.4 is 10.6 Å². The van der Waals surface area contributed by atoms with Gasteiger partial charge in [0.15, 0.2) is 0 Å². The van der Waals surface area contributed by atoms with Crippen LogP contribution in [0.15, 0.2) is 24.3 Å². The number of anilines is 1. The highest BCUT2D eigenvalue weighted by molar-refractivity contribution is 6.04. The molecule has 0 heterocycles. The quantitative estimate of drug-likeness (QED) is 0.853. The summed E-state index contributed by atoms with van der Waals surface area (Å²) in [5.41, 5.74) is 1.50. The monoisotopic (exact) mass is 342 g/mol. The Balaban J connectivity index is 1.61. The van der Waals surface area contributed by atoms with E-state index in [1.807, 2.05) is 18.2 Å². The molecular formula is C21H30N2O2. The zero-order valence-corrected chi connectivity index (χ0v) is 15.6. The third-order valence-electron chi connectivity index (χ3n) is 5.66. The summed E-state index contributed by atoms with van der Waals surface area (Å²) in [6, 6.07) is 7.61. The predicted octanol–water partition coefficient (Wildman–Crippen LogP) is 4.37. The number of para-hydroxylation sites is 1. The Morgan fingerprint density at radius 2 is 1.60 bits per heavy atom. The van der Waals surface area contributed by atoms with E-state index in [0.29, 0.717) is 28.6 Å². The lowest BCUT2D eigenvalue weighted by molar-refractivity contribution is -0.121. The van der Waals surface area contributed by atoms with Crippen LogP contribution in [0.25, 0.3) is 0 Å². The Bertz CT molecular complexity index is 636. The van der Waals surface area contributed by atoms with Gasteiger partial charge in [-0.05, 0) is 62.0 Å². The molecule has 2 saturated carbocycles. The van der Waals surface area contributed by atoms with Crippen LogP contribution in [0.2, 0.25) is 0 Å². The summed E-state index contributed by atoms with van der Waals surface area (Å²) in [5, 5.41) is 6.00. The molecular weight excluding hydrogens is 312 g/mol. The lowest BCUT2D eigenvalue weighted by atomic mass is 9.69. The number of benzene rings is 1. The predicted molar refractivity (Wildman–Crippen MR) is 100 cm³/mol. The minimum atomic E-state index is -0.0881. The summed E-state index contributed by atoms with van der Waals surface area (Å²) < 4.78 is 0. The second kappa shape index (κ2) is 7.19. The Hall–Kier alpha value is -1.84. The molecule has 0 aliphatic heterocycles. The summed E-state index contributed by atoms with van der Waals surface area (Å²) in [5.74, 6) is 0.708. The highest BCUT2D eigenvalue weighted by atomic mass is 16.2. The van der Waals surface area contributed by atoms with Crippen LogP contribution in [0.5, 0.6) is 0 Å². The number of hydrogen-bond acceptors (Lipinski definition) is 2. The van der Waals surface area contributed by atoms with Crippen molar-refractivity contribution >= 4 is 17.5 Å². The molecule has 0 atom stereocenters. The van der Waals surface area contributed by atoms with Crippen LogP contribution in [0, 0.1) is 17.3 Å². The van der Waals surface area contributed by atoms with Crippen LogP contribution in [-0.4, -0.2) is 17.9 Å². The maximum absolute atomic E-state index is 12.7. The number of hydrogen-bond donors (Lipinski definition) is 2. The van der Waals surface area contributed by atoms with E-state index >= 15 is 0 Å². The van der Waals surface area contributed by atoms with Crippen molar-refractivity contribution in [3.63, 3.8) is 0 Å². The Morgan fingerprint density at radius 3 is 2.20 bits per heavy atom. The summed E-state index contributed by atoms with van der Waals surface area (Å²) in [6.07, 6.45) is 6.18. The summed E-state index contributed by atoms with van der Waals surface area (Å²) in [4.78, 5) is 25.1. The van der Waals surface area contributed by atoms with E-state index in [1.165, 1.54) is 0 Å². The van der Waals surface area contributed by atoms with Crippen LogP contribution in [0.1, 0.15) is 69.7 Å². The highest BCUT2D eigenvalue weighted by Gasteiger charge is 2.32. The topological polar surface area (TPSA) is 58.2 Å². The standard InChI is InChI=1S/C21H30N2O2/c1-21(2,3)15-10-8-14(9-11-15)19(24)23-18-7-5-4-6-17(18)20(25)22-16-12-13-16/h4-7,14-16H,8-13H2,1-3H3,(H,22,25)(H,23,24). The molecule has 4 heteroatoms. The van der Waals surface area contributed by atoms with Gasteiger partial charge in [0.1, 0.15) is 0 Å². The molecule has 0 spiro atoms. The van der Waals surface area contributed by atoms with Gasteiger partial charge in [0.05, 0.1) is 11.3 Å². The molecule has 2 aliphatic carbocycles. The van der Waals surface area contributed by atoms with Crippen LogP contribution >= 0.6 is 0 Å². The fourth-order valence-corrected chi connectivity index (χ4v) is 3.74. The highest BCUT2D eigenvalue weighted by Crippen LogP contribution is 2.40. The Labute approximate surface area is 150 Å². The van der Waals surface area contributed by atoms with Gasteiger partial charge in [-0.15, -0.1) is 0 Å². The number of carbonyl (C=O) groups excluding carboxylic acids is 2. The first kappa shape index (κ1) is 18.0. The van der Waals surface area contributed by atoms with E-state index in [-0.39, 0.29) is 17.7 Å². The first-order valence-corrected chi connectivity index (χ1v) is 9.55. The van der Waals surface area contributed by atoms with Gasteiger partial charge in [-0.2, -0.15) is 0 Å². The zero-order chi connectivity index (χ0) is 18.0. The lowest BCUT2D eigenvalue weighted by Crippen LogP contribution is -2.32. The van der Waals surface area contributed by atoms with E-state index in [1.54, 1.807) is 6.07 Å². The molecule has 2 amide bonds. The number of rotatable bonds is 4. The van der Waals surface area contributed by atoms with E-state index in [2.05, 4.69) is 31.4 Å². The van der Waals surface area contributed by atoms with E-state index in [0.717, 1.165) is 38.5 Å². The normalized spacial score (nSPS) is 23.8. The average Bonchev–Trinajstić information content (AvgIpc) is 3.38. The summed E-state index contributed by atoms with van der Waals surface area (Å²) in [7, 11) is 0. The minimum absolute atomic E-state index is 0.0538. The minimum Gasteiger partial charge on any atom is -0.349 e. The van der Waals surface area contributed by atoms with Crippen molar-refractivity contribution in [3.05, 3.63) is 29.8 Å². The van der Waals surface area contributed by atoms with E-state index < -0.39 is 0 Å². The molecule has 0 bridgehead atoms. The zero-order valence-electron chi connectivity index (χ0n) is 15.6. The van der Waals surface area contributed by atoms with Crippen LogP contribution in [0.4, 0.5) is 5.69 Å². The van der Waals surface area contributed by atoms with Crippen molar-refractivity contribution in [1.29, 1.82) is 0 Å². The molecule has 4 nitrogen and oxygen atoms in total. The molecule has 0 radical (unpaired) electrons. The van der Waals surface area contributed by atoms with Gasteiger partial charge in [0.25, 0.3) is 5.91 Å². The van der Waals surface area contributed by atoms with E-state index in [4.69, 9.17) is 0 Å². The summed E-state index contributed by atoms with van der Waals surface area (Å²) in [6.45, 7) is 6.85. The van der Waals surface area contributed by atoms with Crippen LogP contribution in [-0.2, 0) is 4.79 Å². The fraction of sp³-hybridized carbons (Fsp3) is 0.619. The molecule has 3 rings (SSSR count). The van der Waals surface area contributed by atoms with Crippen molar-refractivity contribution in [3.8, 4) is 0 Å². The molecule has 25 heavy (non-hydrogen) atoms. The van der Waals surface area contributed by atoms with Gasteiger partial charge in [-0.1, -0.05) is 32.9 Å². The molecule has 2 fully saturated rings. The van der Waals surface area contributed by atoms with Crippen molar-refractivity contribution < 1.29 is 9.59 Å². The van der Waals surface area contributed by atoms with Gasteiger partial charge in [-0.3, -0.25) is 9.59 Å². The smallest absolute Gasteiger partial charge is 0.253 e. The average molecular weight is 342 g/mol. The van der Waals surface area contributed by atoms with Gasteiger partial charge >= 0.3 is 0 Å². The number of amides is 2. The maximum atomic E-state index is 12.7. The largest absolute Gasteiger partial charge is 0.349 e. The van der Waals surface area contributed by atoms with Crippen LogP contribution in [0.3, 0.4) is 0 Å². The third kappa shape index (κ3) is 4.62. The second-order valence-corrected chi connectivity index (χ2v) is 8.70. The fourth-order valence-electron chi connectivity index (χ4n) is 3.74. The van der Waals surface area contributed by atoms with Gasteiger partial charge in [-0.25, -0.2) is 0 Å². The lowest BCUT2D eigenvalue weighted by Gasteiger charge is -2.36. The SMILES string of the molecule is CC(C)(C)C1CCC(C(=O)Nc2ccccc2C(=O)NC2CC2)CC1. The van der Waals surface area contributed by atoms with Crippen molar-refractivity contribution in [2.75, 3.05) is 5.32 Å². The number of nitrogens with one attached hydrogen (secondary N) is 2. The van der Waals surface area contributed by atoms with Crippen molar-refractivity contribution in [2.24, 2.45) is 17.3 Å². The number of carbonyl (C=O) groups is 2. The maximum Gasteiger partial charge on any atom is 0.253 e. The first-order valence-electron chi connectivity index (χ1n) is 9.55. The van der Waals surface area contributed by atoms with Crippen molar-refractivity contribution in [1.82, 2.24) is 5.32 Å². The van der Waals surface area contributed by atoms with Crippen molar-refractivity contribution in [2.45, 2.75) is 65.3 Å². The molecule has 0 saturated heterocycles. The molecule has 1 aromatic carbocycles. The molecule has 136 valence electrons. The molecule has 2 N–H and O–H groups in total. The Morgan fingerprint density at radius 1 is 0.960 bits per heavy atom. The Kier molecular flexibility index (Phi) is 5.16. The second-order valence-electron chi connectivity index (χ2n) is 8.70. The summed E-state index contributed by atoms with van der Waals surface area (Å²) >= 11 is 0. The molecule has 0 unspecified atom stereocenters. The molecule has 2 aliphatic rings. The van der Waals surface area contributed by atoms with Gasteiger partial charge in [0, 0.05) is 12.0 Å². The molecule has 1 aromatic rings. The first-order chi connectivity index (χ1) is 11.8. The van der Waals surface area contributed by atoms with Gasteiger partial charge < -0.3 is 10.6 Å². The molecule has 0 aromatic heterocycles. The van der Waals surface area contributed by atoms with Gasteiger partial charge in [0.2, 0.25) is 5.91 Å². The van der Waals surface area contributed by atoms with E-state index in [9.17, 15) is 9.59 Å².